The number of aryl methyl sites for hydroxylation is 1. The number of alkyl halides is 3. The van der Waals surface area contributed by atoms with E-state index in [9.17, 15) is 27.9 Å². The van der Waals surface area contributed by atoms with Crippen LogP contribution in [-0.2, 0) is 28.7 Å². The summed E-state index contributed by atoms with van der Waals surface area (Å²) in [5.41, 5.74) is 4.52. The Bertz CT molecular complexity index is 1590. The van der Waals surface area contributed by atoms with Gasteiger partial charge in [-0.1, -0.05) is 60.7 Å². The zero-order valence-electron chi connectivity index (χ0n) is 22.8. The molecule has 0 saturated heterocycles. The molecule has 2 N–H and O–H groups in total. The highest BCUT2D eigenvalue weighted by Gasteiger charge is 2.34. The number of carboxylic acid groups (broad SMARTS) is 1. The number of benzene rings is 3. The predicted molar refractivity (Wildman–Crippen MR) is 147 cm³/mol. The van der Waals surface area contributed by atoms with Crippen LogP contribution in [0.15, 0.2) is 72.8 Å². The fourth-order valence-electron chi connectivity index (χ4n) is 5.27. The number of fused-ring (bicyclic) bond motifs is 3. The van der Waals surface area contributed by atoms with E-state index in [0.717, 1.165) is 28.3 Å². The number of rotatable bonds is 9. The first-order chi connectivity index (χ1) is 20.0. The number of nitrogens with one attached hydrogen (secondary N) is 1. The van der Waals surface area contributed by atoms with Crippen LogP contribution in [0.5, 0.6) is 5.75 Å². The molecule has 1 heterocycles. The second-order valence-corrected chi connectivity index (χ2v) is 10.0. The summed E-state index contributed by atoms with van der Waals surface area (Å²) in [6, 6.07) is 20.2. The highest BCUT2D eigenvalue weighted by atomic mass is 19.4. The molecule has 1 aromatic heterocycles. The summed E-state index contributed by atoms with van der Waals surface area (Å²) >= 11 is 0. The summed E-state index contributed by atoms with van der Waals surface area (Å²) < 4.78 is 51.4. The van der Waals surface area contributed by atoms with Gasteiger partial charge in [-0.05, 0) is 46.9 Å². The van der Waals surface area contributed by atoms with Crippen molar-refractivity contribution in [1.82, 2.24) is 15.1 Å². The lowest BCUT2D eigenvalue weighted by molar-refractivity contribution is -0.141. The maximum Gasteiger partial charge on any atom is 0.435 e. The number of amides is 1. The third-order valence-corrected chi connectivity index (χ3v) is 7.31. The summed E-state index contributed by atoms with van der Waals surface area (Å²) in [5, 5.41) is 15.9. The summed E-state index contributed by atoms with van der Waals surface area (Å²) in [6.07, 6.45) is -5.55. The first-order valence-electron chi connectivity index (χ1n) is 13.2. The lowest BCUT2D eigenvalue weighted by atomic mass is 9.98. The number of carbonyl (C=O) groups excluding carboxylic acids is 1. The Kier molecular flexibility index (Phi) is 7.93. The van der Waals surface area contributed by atoms with Crippen LogP contribution in [0, 0.1) is 6.92 Å². The lowest BCUT2D eigenvalue weighted by Gasteiger charge is -2.18. The fraction of sp³-hybridized carbons (Fsp3) is 0.258. The summed E-state index contributed by atoms with van der Waals surface area (Å²) in [6.45, 7) is 1.51. The van der Waals surface area contributed by atoms with Crippen molar-refractivity contribution in [2.24, 2.45) is 0 Å². The number of alkyl carbamates (subject to hydrolysis) is 1. The minimum atomic E-state index is -4.58. The maximum atomic E-state index is 13.1. The number of hydrogen-bond acceptors (Lipinski definition) is 5. The molecule has 0 radical (unpaired) electrons. The van der Waals surface area contributed by atoms with Crippen molar-refractivity contribution < 1.29 is 37.3 Å². The molecule has 0 aliphatic heterocycles. The maximum absolute atomic E-state index is 13.1. The average Bonchev–Trinajstić information content (AvgIpc) is 3.49. The largest absolute Gasteiger partial charge is 0.496 e. The van der Waals surface area contributed by atoms with Gasteiger partial charge in [-0.3, -0.25) is 4.68 Å². The van der Waals surface area contributed by atoms with E-state index >= 15 is 0 Å². The quantitative estimate of drug-likeness (QED) is 0.260. The molecule has 0 fully saturated rings. The van der Waals surface area contributed by atoms with Crippen LogP contribution in [0.25, 0.3) is 11.1 Å². The normalized spacial score (nSPS) is 13.3. The first kappa shape index (κ1) is 28.7. The van der Waals surface area contributed by atoms with Gasteiger partial charge in [0.2, 0.25) is 0 Å². The van der Waals surface area contributed by atoms with E-state index in [0.29, 0.717) is 22.6 Å². The molecule has 0 spiro atoms. The van der Waals surface area contributed by atoms with E-state index in [1.807, 2.05) is 48.5 Å². The highest BCUT2D eigenvalue weighted by molar-refractivity contribution is 5.81. The molecule has 4 aromatic rings. The molecule has 1 amide bonds. The summed E-state index contributed by atoms with van der Waals surface area (Å²) in [7, 11) is 1.42. The van der Waals surface area contributed by atoms with Crippen LogP contribution >= 0.6 is 0 Å². The smallest absolute Gasteiger partial charge is 0.435 e. The number of ether oxygens (including phenoxy) is 2. The zero-order valence-corrected chi connectivity index (χ0v) is 22.8. The molecule has 8 nitrogen and oxygen atoms in total. The topological polar surface area (TPSA) is 103 Å². The highest BCUT2D eigenvalue weighted by Crippen LogP contribution is 2.44. The van der Waals surface area contributed by atoms with E-state index < -0.39 is 30.0 Å². The van der Waals surface area contributed by atoms with Crippen LogP contribution in [0.1, 0.15) is 39.6 Å². The summed E-state index contributed by atoms with van der Waals surface area (Å²) in [4.78, 5) is 24.8. The van der Waals surface area contributed by atoms with Crippen molar-refractivity contribution in [3.8, 4) is 16.9 Å². The standard InChI is InChI=1S/C31H28F3N3O5/c1-18-13-28(31(32,33)34)36-37(18)16-20-14-19(11-12-27(20)41-2)15-26(29(38)39)35-30(40)42-17-25-23-9-5-3-7-21(23)22-8-4-6-10-24(22)25/h3-14,25-26H,15-17H2,1-2H3,(H,35,40)(H,38,39). The SMILES string of the molecule is COc1ccc(CC(NC(=O)OCC2c3ccccc3-c3ccccc32)C(=O)O)cc1Cn1nc(C(F)(F)F)cc1C. The van der Waals surface area contributed by atoms with Crippen molar-refractivity contribution in [3.05, 3.63) is 106 Å². The third-order valence-electron chi connectivity index (χ3n) is 7.31. The molecule has 5 rings (SSSR count). The molecule has 0 saturated carbocycles. The van der Waals surface area contributed by atoms with Gasteiger partial charge in [-0.25, -0.2) is 9.59 Å². The van der Waals surface area contributed by atoms with Crippen LogP contribution < -0.4 is 10.1 Å². The average molecular weight is 580 g/mol. The van der Waals surface area contributed by atoms with Gasteiger partial charge in [0.15, 0.2) is 5.69 Å². The molecule has 218 valence electrons. The summed E-state index contributed by atoms with van der Waals surface area (Å²) in [5.74, 6) is -1.05. The molecule has 0 bridgehead atoms. The molecule has 1 aliphatic carbocycles. The second-order valence-electron chi connectivity index (χ2n) is 10.0. The number of hydrogen-bond donors (Lipinski definition) is 2. The van der Waals surface area contributed by atoms with Gasteiger partial charge in [0.25, 0.3) is 0 Å². The molecule has 11 heteroatoms. The van der Waals surface area contributed by atoms with E-state index in [2.05, 4.69) is 10.4 Å². The van der Waals surface area contributed by atoms with E-state index in [-0.39, 0.29) is 25.5 Å². The Labute approximate surface area is 239 Å². The van der Waals surface area contributed by atoms with Crippen LogP contribution in [0.4, 0.5) is 18.0 Å². The molecule has 1 atom stereocenters. The Balaban J connectivity index is 1.27. The first-order valence-corrected chi connectivity index (χ1v) is 13.2. The van der Waals surface area contributed by atoms with E-state index in [4.69, 9.17) is 9.47 Å². The van der Waals surface area contributed by atoms with Gasteiger partial charge in [-0.15, -0.1) is 0 Å². The van der Waals surface area contributed by atoms with E-state index in [1.54, 1.807) is 18.2 Å². The molecular weight excluding hydrogens is 551 g/mol. The minimum absolute atomic E-state index is 0.0298. The molecule has 1 aliphatic rings. The fourth-order valence-corrected chi connectivity index (χ4v) is 5.27. The molecule has 1 unspecified atom stereocenters. The predicted octanol–water partition coefficient (Wildman–Crippen LogP) is 5.80. The lowest BCUT2D eigenvalue weighted by Crippen LogP contribution is -2.42. The zero-order chi connectivity index (χ0) is 30.0. The number of carbonyl (C=O) groups is 2. The Morgan fingerprint density at radius 3 is 2.24 bits per heavy atom. The van der Waals surface area contributed by atoms with Crippen molar-refractivity contribution in [3.63, 3.8) is 0 Å². The van der Waals surface area contributed by atoms with Gasteiger partial charge < -0.3 is 19.9 Å². The number of aliphatic carboxylic acids is 1. The van der Waals surface area contributed by atoms with Crippen LogP contribution in [0.2, 0.25) is 0 Å². The van der Waals surface area contributed by atoms with Crippen LogP contribution in [-0.4, -0.2) is 46.7 Å². The third kappa shape index (κ3) is 5.95. The number of carboxylic acids is 1. The van der Waals surface area contributed by atoms with Gasteiger partial charge >= 0.3 is 18.2 Å². The van der Waals surface area contributed by atoms with Crippen molar-refractivity contribution in [2.45, 2.75) is 38.0 Å². The monoisotopic (exact) mass is 579 g/mol. The second kappa shape index (κ2) is 11.6. The van der Waals surface area contributed by atoms with Crippen LogP contribution in [0.3, 0.4) is 0 Å². The van der Waals surface area contributed by atoms with Crippen molar-refractivity contribution in [2.75, 3.05) is 13.7 Å². The molecular formula is C31H28F3N3O5. The number of halogens is 3. The van der Waals surface area contributed by atoms with E-state index in [1.165, 1.54) is 18.7 Å². The minimum Gasteiger partial charge on any atom is -0.496 e. The van der Waals surface area contributed by atoms with Gasteiger partial charge in [-0.2, -0.15) is 18.3 Å². The number of methoxy groups -OCH3 is 1. The number of nitrogens with zero attached hydrogens (tertiary/aromatic N) is 2. The molecule has 3 aromatic carbocycles. The Morgan fingerprint density at radius 1 is 1.02 bits per heavy atom. The number of aromatic nitrogens is 2. The van der Waals surface area contributed by atoms with Gasteiger partial charge in [0.1, 0.15) is 18.4 Å². The Morgan fingerprint density at radius 2 is 1.67 bits per heavy atom. The van der Waals surface area contributed by atoms with Gasteiger partial charge in [0, 0.05) is 23.6 Å². The van der Waals surface area contributed by atoms with Gasteiger partial charge in [0.05, 0.1) is 13.7 Å². The molecule has 42 heavy (non-hydrogen) atoms. The Hall–Kier alpha value is -4.80. The van der Waals surface area contributed by atoms with Crippen molar-refractivity contribution in [1.29, 1.82) is 0 Å². The van der Waals surface area contributed by atoms with Crippen molar-refractivity contribution >= 4 is 12.1 Å².